The normalized spacial score (nSPS) is 19.1. The minimum atomic E-state index is -1.05. The summed E-state index contributed by atoms with van der Waals surface area (Å²) < 4.78 is 5.29. The van der Waals surface area contributed by atoms with Crippen LogP contribution in [0.2, 0.25) is 0 Å². The molecule has 1 saturated heterocycles. The average molecular weight is 354 g/mol. The zero-order chi connectivity index (χ0) is 17.9. The van der Waals surface area contributed by atoms with Crippen LogP contribution in [0.1, 0.15) is 30.4 Å². The number of ether oxygens (including phenoxy) is 1. The van der Waals surface area contributed by atoms with Crippen molar-refractivity contribution in [2.24, 2.45) is 0 Å². The Bertz CT molecular complexity index is 608. The number of Topliss-reactive ketones (excluding diaryl/α,β-unsaturated/α-hetero) is 1. The summed E-state index contributed by atoms with van der Waals surface area (Å²) in [5, 5.41) is 11.3. The average Bonchev–Trinajstić information content (AvgIpc) is 2.99. The summed E-state index contributed by atoms with van der Waals surface area (Å²) in [5.41, 5.74) is -0.637. The lowest BCUT2D eigenvalue weighted by atomic mass is 10.1. The number of carboxylic acids is 1. The Morgan fingerprint density at radius 3 is 2.58 bits per heavy atom. The molecular formula is C16H22N2O5S. The van der Waals surface area contributed by atoms with E-state index in [0.717, 1.165) is 0 Å². The van der Waals surface area contributed by atoms with Gasteiger partial charge in [-0.25, -0.2) is 4.79 Å². The van der Waals surface area contributed by atoms with Crippen LogP contribution < -0.4 is 0 Å². The number of amides is 1. The number of rotatable bonds is 4. The molecule has 0 radical (unpaired) electrons. The Hall–Kier alpha value is -1.93. The highest BCUT2D eigenvalue weighted by molar-refractivity contribution is 7.12. The smallest absolute Gasteiger partial charge is 0.410 e. The molecular weight excluding hydrogens is 332 g/mol. The molecule has 1 aromatic heterocycles. The van der Waals surface area contributed by atoms with Gasteiger partial charge < -0.3 is 14.7 Å². The lowest BCUT2D eigenvalue weighted by molar-refractivity contribution is -0.145. The second kappa shape index (κ2) is 7.31. The molecule has 7 nitrogen and oxygen atoms in total. The minimum absolute atomic E-state index is 0.00195. The molecule has 2 rings (SSSR count). The third-order valence-electron chi connectivity index (χ3n) is 3.57. The van der Waals surface area contributed by atoms with Crippen molar-refractivity contribution in [3.63, 3.8) is 0 Å². The van der Waals surface area contributed by atoms with Gasteiger partial charge in [0.15, 0.2) is 5.78 Å². The SMILES string of the molecule is CC(C)(C)OC(=O)N1CCN(CC(=O)c2cccs2)C(C(=O)O)C1. The van der Waals surface area contributed by atoms with Crippen LogP contribution in [-0.4, -0.2) is 70.6 Å². The standard InChI is InChI=1S/C16H22N2O5S/c1-16(2,3)23-15(22)18-7-6-17(11(9-18)14(20)21)10-12(19)13-5-4-8-24-13/h4-5,8,11H,6-7,9-10H2,1-3H3,(H,20,21). The molecule has 1 aliphatic rings. The predicted octanol–water partition coefficient (Wildman–Crippen LogP) is 1.94. The Balaban J connectivity index is 2.02. The van der Waals surface area contributed by atoms with Crippen LogP contribution >= 0.6 is 11.3 Å². The fourth-order valence-corrected chi connectivity index (χ4v) is 3.09. The van der Waals surface area contributed by atoms with Gasteiger partial charge in [0.1, 0.15) is 11.6 Å². The van der Waals surface area contributed by atoms with Crippen molar-refractivity contribution in [3.8, 4) is 0 Å². The Morgan fingerprint density at radius 2 is 2.04 bits per heavy atom. The molecule has 0 bridgehead atoms. The van der Waals surface area contributed by atoms with Crippen molar-refractivity contribution in [2.75, 3.05) is 26.2 Å². The van der Waals surface area contributed by atoms with E-state index >= 15 is 0 Å². The highest BCUT2D eigenvalue weighted by Crippen LogP contribution is 2.17. The zero-order valence-corrected chi connectivity index (χ0v) is 14.8. The second-order valence-electron chi connectivity index (χ2n) is 6.65. The molecule has 1 aromatic rings. The van der Waals surface area contributed by atoms with Crippen molar-refractivity contribution < 1.29 is 24.2 Å². The van der Waals surface area contributed by atoms with Gasteiger partial charge in [-0.2, -0.15) is 0 Å². The largest absolute Gasteiger partial charge is 0.480 e. The lowest BCUT2D eigenvalue weighted by Gasteiger charge is -2.39. The number of nitrogens with zero attached hydrogens (tertiary/aromatic N) is 2. The third-order valence-corrected chi connectivity index (χ3v) is 4.48. The Kier molecular flexibility index (Phi) is 5.61. The fraction of sp³-hybridized carbons (Fsp3) is 0.562. The molecule has 1 amide bonds. The van der Waals surface area contributed by atoms with Gasteiger partial charge in [-0.05, 0) is 32.2 Å². The highest BCUT2D eigenvalue weighted by atomic mass is 32.1. The first-order valence-electron chi connectivity index (χ1n) is 7.69. The minimum Gasteiger partial charge on any atom is -0.480 e. The van der Waals surface area contributed by atoms with E-state index in [-0.39, 0.29) is 18.9 Å². The molecule has 0 saturated carbocycles. The van der Waals surface area contributed by atoms with Gasteiger partial charge >= 0.3 is 12.1 Å². The van der Waals surface area contributed by atoms with Gasteiger partial charge in [0.25, 0.3) is 0 Å². The van der Waals surface area contributed by atoms with Gasteiger partial charge in [0.05, 0.1) is 18.0 Å². The van der Waals surface area contributed by atoms with E-state index in [2.05, 4.69) is 0 Å². The Morgan fingerprint density at radius 1 is 1.33 bits per heavy atom. The van der Waals surface area contributed by atoms with Crippen LogP contribution in [0.5, 0.6) is 0 Å². The first-order chi connectivity index (χ1) is 11.2. The molecule has 0 spiro atoms. The monoisotopic (exact) mass is 354 g/mol. The summed E-state index contributed by atoms with van der Waals surface area (Å²) in [4.78, 5) is 39.5. The number of piperazine rings is 1. The number of carbonyl (C=O) groups is 3. The summed E-state index contributed by atoms with van der Waals surface area (Å²) in [6, 6.07) is 2.59. The number of thiophene rings is 1. The molecule has 2 heterocycles. The molecule has 0 aliphatic carbocycles. The summed E-state index contributed by atoms with van der Waals surface area (Å²) in [6.45, 7) is 5.95. The highest BCUT2D eigenvalue weighted by Gasteiger charge is 2.36. The molecule has 1 aliphatic heterocycles. The van der Waals surface area contributed by atoms with Crippen molar-refractivity contribution in [3.05, 3.63) is 22.4 Å². The van der Waals surface area contributed by atoms with E-state index in [1.54, 1.807) is 37.8 Å². The van der Waals surface area contributed by atoms with E-state index in [4.69, 9.17) is 4.74 Å². The molecule has 1 fully saturated rings. The summed E-state index contributed by atoms with van der Waals surface area (Å²) in [6.07, 6.45) is -0.530. The molecule has 1 N–H and O–H groups in total. The maximum Gasteiger partial charge on any atom is 0.410 e. The molecule has 8 heteroatoms. The van der Waals surface area contributed by atoms with E-state index in [0.29, 0.717) is 18.0 Å². The topological polar surface area (TPSA) is 87.2 Å². The van der Waals surface area contributed by atoms with Crippen LogP contribution in [-0.2, 0) is 9.53 Å². The van der Waals surface area contributed by atoms with Gasteiger partial charge in [0.2, 0.25) is 0 Å². The van der Waals surface area contributed by atoms with E-state index < -0.39 is 23.7 Å². The molecule has 0 aromatic carbocycles. The quantitative estimate of drug-likeness (QED) is 0.832. The molecule has 24 heavy (non-hydrogen) atoms. The number of hydrogen-bond acceptors (Lipinski definition) is 6. The van der Waals surface area contributed by atoms with Crippen molar-refractivity contribution in [1.29, 1.82) is 0 Å². The van der Waals surface area contributed by atoms with E-state index in [1.807, 2.05) is 5.38 Å². The first-order valence-corrected chi connectivity index (χ1v) is 8.57. The van der Waals surface area contributed by atoms with Crippen molar-refractivity contribution in [2.45, 2.75) is 32.4 Å². The fourth-order valence-electron chi connectivity index (χ4n) is 2.44. The lowest BCUT2D eigenvalue weighted by Crippen LogP contribution is -2.59. The van der Waals surface area contributed by atoms with Gasteiger partial charge in [-0.1, -0.05) is 6.07 Å². The van der Waals surface area contributed by atoms with Crippen molar-refractivity contribution >= 4 is 29.2 Å². The number of carboxylic acid groups (broad SMARTS) is 1. The van der Waals surface area contributed by atoms with E-state index in [9.17, 15) is 19.5 Å². The summed E-state index contributed by atoms with van der Waals surface area (Å²) >= 11 is 1.33. The first kappa shape index (κ1) is 18.4. The summed E-state index contributed by atoms with van der Waals surface area (Å²) in [5.74, 6) is -1.16. The van der Waals surface area contributed by atoms with E-state index in [1.165, 1.54) is 16.2 Å². The number of hydrogen-bond donors (Lipinski definition) is 1. The maximum absolute atomic E-state index is 12.2. The van der Waals surface area contributed by atoms with Gasteiger partial charge in [-0.15, -0.1) is 11.3 Å². The molecule has 1 unspecified atom stereocenters. The maximum atomic E-state index is 12.2. The van der Waals surface area contributed by atoms with Crippen LogP contribution in [0, 0.1) is 0 Å². The number of aliphatic carboxylic acids is 1. The van der Waals surface area contributed by atoms with Gasteiger partial charge in [-0.3, -0.25) is 14.5 Å². The number of ketones is 1. The zero-order valence-electron chi connectivity index (χ0n) is 14.0. The number of carbonyl (C=O) groups excluding carboxylic acids is 2. The van der Waals surface area contributed by atoms with Crippen molar-refractivity contribution in [1.82, 2.24) is 9.80 Å². The predicted molar refractivity (Wildman–Crippen MR) is 89.5 cm³/mol. The molecule has 132 valence electrons. The van der Waals surface area contributed by atoms with Crippen LogP contribution in [0.4, 0.5) is 4.79 Å². The van der Waals surface area contributed by atoms with Gasteiger partial charge in [0, 0.05) is 13.1 Å². The van der Waals surface area contributed by atoms with Crippen LogP contribution in [0.25, 0.3) is 0 Å². The Labute approximate surface area is 144 Å². The van der Waals surface area contributed by atoms with Crippen LogP contribution in [0.15, 0.2) is 17.5 Å². The second-order valence-corrected chi connectivity index (χ2v) is 7.60. The van der Waals surface area contributed by atoms with Crippen LogP contribution in [0.3, 0.4) is 0 Å². The molecule has 1 atom stereocenters. The summed E-state index contributed by atoms with van der Waals surface area (Å²) in [7, 11) is 0. The third kappa shape index (κ3) is 4.78.